The Morgan fingerprint density at radius 1 is 1.53 bits per heavy atom. The lowest BCUT2D eigenvalue weighted by Crippen LogP contribution is -2.39. The summed E-state index contributed by atoms with van der Waals surface area (Å²) in [5.41, 5.74) is 5.70. The van der Waals surface area contributed by atoms with Crippen molar-refractivity contribution in [3.05, 3.63) is 32.7 Å². The van der Waals surface area contributed by atoms with E-state index in [1.165, 1.54) is 12.3 Å². The van der Waals surface area contributed by atoms with Crippen molar-refractivity contribution < 1.29 is 4.79 Å². The van der Waals surface area contributed by atoms with Gasteiger partial charge in [0.15, 0.2) is 0 Å². The minimum absolute atomic E-state index is 0. The first kappa shape index (κ1) is 18.1. The normalized spacial score (nSPS) is 10.8. The van der Waals surface area contributed by atoms with Crippen LogP contribution in [0, 0.1) is 5.41 Å². The van der Waals surface area contributed by atoms with E-state index in [2.05, 4.69) is 20.9 Å². The van der Waals surface area contributed by atoms with Crippen LogP contribution in [0.2, 0.25) is 0 Å². The van der Waals surface area contributed by atoms with Gasteiger partial charge in [0.2, 0.25) is 0 Å². The van der Waals surface area contributed by atoms with Gasteiger partial charge in [0.05, 0.1) is 10.0 Å². The highest BCUT2D eigenvalue weighted by molar-refractivity contribution is 9.10. The van der Waals surface area contributed by atoms with E-state index in [0.29, 0.717) is 23.1 Å². The summed E-state index contributed by atoms with van der Waals surface area (Å²) in [6.07, 6.45) is 1.42. The summed E-state index contributed by atoms with van der Waals surface area (Å²) in [5, 5.41) is 0. The topological polar surface area (TPSA) is 79.2 Å². The Morgan fingerprint density at radius 2 is 2.11 bits per heavy atom. The highest BCUT2D eigenvalue weighted by Crippen LogP contribution is 2.16. The van der Waals surface area contributed by atoms with Crippen molar-refractivity contribution in [2.75, 3.05) is 20.1 Å². The Balaban J connectivity index is 0.00000324. The van der Waals surface area contributed by atoms with E-state index < -0.39 is 0 Å². The Kier molecular flexibility index (Phi) is 6.76. The van der Waals surface area contributed by atoms with Gasteiger partial charge in [-0.15, -0.1) is 12.4 Å². The van der Waals surface area contributed by atoms with Crippen LogP contribution in [0.1, 0.15) is 24.2 Å². The van der Waals surface area contributed by atoms with Gasteiger partial charge in [-0.2, -0.15) is 0 Å². The van der Waals surface area contributed by atoms with Crippen LogP contribution in [-0.4, -0.2) is 35.9 Å². The second kappa shape index (κ2) is 7.07. The first-order valence-electron chi connectivity index (χ1n) is 5.60. The van der Waals surface area contributed by atoms with Crippen LogP contribution in [0.25, 0.3) is 0 Å². The van der Waals surface area contributed by atoms with Crippen molar-refractivity contribution in [1.29, 1.82) is 0 Å². The third kappa shape index (κ3) is 4.97. The molecule has 0 bridgehead atoms. The number of carbonyl (C=O) groups excluding carboxylic acids is 1. The van der Waals surface area contributed by atoms with Crippen LogP contribution in [0.3, 0.4) is 0 Å². The predicted molar refractivity (Wildman–Crippen MR) is 81.8 cm³/mol. The first-order chi connectivity index (χ1) is 8.26. The van der Waals surface area contributed by atoms with E-state index in [0.717, 1.165) is 0 Å². The van der Waals surface area contributed by atoms with Crippen molar-refractivity contribution in [3.63, 3.8) is 0 Å². The van der Waals surface area contributed by atoms with E-state index in [1.54, 1.807) is 11.9 Å². The fourth-order valence-electron chi connectivity index (χ4n) is 1.58. The molecule has 0 unspecified atom stereocenters. The lowest BCUT2D eigenvalue weighted by Gasteiger charge is -2.29. The average molecular weight is 353 g/mol. The monoisotopic (exact) mass is 351 g/mol. The number of rotatable bonds is 4. The summed E-state index contributed by atoms with van der Waals surface area (Å²) in [5.74, 6) is -0.145. The van der Waals surface area contributed by atoms with Gasteiger partial charge in [-0.05, 0) is 34.0 Å². The molecule has 5 nitrogen and oxygen atoms in total. The molecule has 0 saturated heterocycles. The molecule has 1 heterocycles. The largest absolute Gasteiger partial charge is 0.341 e. The van der Waals surface area contributed by atoms with Gasteiger partial charge in [-0.1, -0.05) is 13.8 Å². The average Bonchev–Trinajstić information content (AvgIpc) is 2.31. The minimum Gasteiger partial charge on any atom is -0.341 e. The number of nitrogens with one attached hydrogen (secondary N) is 1. The van der Waals surface area contributed by atoms with E-state index in [-0.39, 0.29) is 29.3 Å². The highest BCUT2D eigenvalue weighted by Gasteiger charge is 2.22. The second-order valence-corrected chi connectivity index (χ2v) is 5.95. The molecule has 0 aliphatic carbocycles. The summed E-state index contributed by atoms with van der Waals surface area (Å²) < 4.78 is 0.347. The number of pyridine rings is 1. The maximum Gasteiger partial charge on any atom is 0.262 e. The number of halogens is 2. The molecule has 0 aromatic carbocycles. The van der Waals surface area contributed by atoms with Gasteiger partial charge in [0, 0.05) is 19.8 Å². The lowest BCUT2D eigenvalue weighted by molar-refractivity contribution is 0.0740. The molecule has 3 N–H and O–H groups in total. The minimum atomic E-state index is -0.253. The van der Waals surface area contributed by atoms with Gasteiger partial charge in [0.25, 0.3) is 11.5 Å². The van der Waals surface area contributed by atoms with Crippen LogP contribution in [0.15, 0.2) is 21.5 Å². The molecule has 19 heavy (non-hydrogen) atoms. The number of H-pyrrole nitrogens is 1. The van der Waals surface area contributed by atoms with Gasteiger partial charge in [0.1, 0.15) is 0 Å². The lowest BCUT2D eigenvalue weighted by atomic mass is 9.93. The number of hydrogen-bond donors (Lipinski definition) is 2. The third-order valence-corrected chi connectivity index (χ3v) is 3.26. The summed E-state index contributed by atoms with van der Waals surface area (Å²) in [7, 11) is 1.72. The van der Waals surface area contributed by atoms with Crippen molar-refractivity contribution in [2.45, 2.75) is 13.8 Å². The number of amides is 1. The maximum atomic E-state index is 12.1. The first-order valence-corrected chi connectivity index (χ1v) is 6.40. The molecule has 0 spiro atoms. The molecule has 108 valence electrons. The molecule has 0 saturated carbocycles. The Labute approximate surface area is 127 Å². The quantitative estimate of drug-likeness (QED) is 0.864. The molecule has 1 aromatic heterocycles. The molecule has 7 heteroatoms. The number of nitrogens with two attached hydrogens (primary N) is 1. The molecule has 0 aliphatic rings. The fourth-order valence-corrected chi connectivity index (χ4v) is 1.94. The van der Waals surface area contributed by atoms with Crippen molar-refractivity contribution in [1.82, 2.24) is 9.88 Å². The second-order valence-electron chi connectivity index (χ2n) is 5.09. The van der Waals surface area contributed by atoms with E-state index in [9.17, 15) is 9.59 Å². The molecule has 0 radical (unpaired) electrons. The number of hydrogen-bond acceptors (Lipinski definition) is 3. The van der Waals surface area contributed by atoms with Crippen molar-refractivity contribution in [3.8, 4) is 0 Å². The van der Waals surface area contributed by atoms with Crippen LogP contribution >= 0.6 is 28.3 Å². The summed E-state index contributed by atoms with van der Waals surface area (Å²) in [4.78, 5) is 27.4. The van der Waals surface area contributed by atoms with Gasteiger partial charge in [-0.25, -0.2) is 0 Å². The smallest absolute Gasteiger partial charge is 0.262 e. The van der Waals surface area contributed by atoms with Crippen LogP contribution in [-0.2, 0) is 0 Å². The van der Waals surface area contributed by atoms with Gasteiger partial charge >= 0.3 is 0 Å². The molecule has 1 amide bonds. The summed E-state index contributed by atoms with van der Waals surface area (Å²) >= 11 is 3.10. The number of carbonyl (C=O) groups is 1. The van der Waals surface area contributed by atoms with E-state index in [1.807, 2.05) is 13.8 Å². The predicted octanol–water partition coefficient (Wildman–Crippen LogP) is 1.62. The zero-order chi connectivity index (χ0) is 13.9. The Morgan fingerprint density at radius 3 is 2.58 bits per heavy atom. The maximum absolute atomic E-state index is 12.1. The van der Waals surface area contributed by atoms with E-state index in [4.69, 9.17) is 5.73 Å². The standard InChI is InChI=1S/C12H18BrN3O2.ClH/c1-12(2,6-14)7-16(3)11(18)8-4-9(13)10(17)15-5-8;/h4-5H,6-7,14H2,1-3H3,(H,15,17);1H. The third-order valence-electron chi connectivity index (χ3n) is 2.67. The van der Waals surface area contributed by atoms with Gasteiger partial charge < -0.3 is 15.6 Å². The number of nitrogens with zero attached hydrogens (tertiary/aromatic N) is 1. The summed E-state index contributed by atoms with van der Waals surface area (Å²) in [6.45, 7) is 5.05. The zero-order valence-electron chi connectivity index (χ0n) is 11.2. The Bertz CT molecular complexity index is 502. The van der Waals surface area contributed by atoms with Crippen LogP contribution in [0.5, 0.6) is 0 Å². The molecule has 0 atom stereocenters. The highest BCUT2D eigenvalue weighted by atomic mass is 79.9. The molecule has 0 aliphatic heterocycles. The molecule has 1 aromatic rings. The molecule has 1 rings (SSSR count). The molecular formula is C12H19BrClN3O2. The van der Waals surface area contributed by atoms with E-state index >= 15 is 0 Å². The zero-order valence-corrected chi connectivity index (χ0v) is 13.6. The van der Waals surface area contributed by atoms with Crippen LogP contribution < -0.4 is 11.3 Å². The molecular weight excluding hydrogens is 334 g/mol. The number of aromatic amines is 1. The van der Waals surface area contributed by atoms with Crippen molar-refractivity contribution in [2.24, 2.45) is 11.1 Å². The SMILES string of the molecule is CN(CC(C)(C)CN)C(=O)c1c[nH]c(=O)c(Br)c1.Cl. The fraction of sp³-hybridized carbons (Fsp3) is 0.500. The Hall–Kier alpha value is -0.850. The van der Waals surface area contributed by atoms with Crippen LogP contribution in [0.4, 0.5) is 0 Å². The number of aromatic nitrogens is 1. The van der Waals surface area contributed by atoms with Gasteiger partial charge in [-0.3, -0.25) is 9.59 Å². The molecule has 0 fully saturated rings. The van der Waals surface area contributed by atoms with Crippen molar-refractivity contribution >= 4 is 34.2 Å². The summed E-state index contributed by atoms with van der Waals surface area (Å²) in [6, 6.07) is 1.52.